The van der Waals surface area contributed by atoms with Crippen LogP contribution in [0.2, 0.25) is 0 Å². The highest BCUT2D eigenvalue weighted by atomic mass is 16.7. The van der Waals surface area contributed by atoms with Crippen LogP contribution in [0.5, 0.6) is 0 Å². The number of nitrogens with zero attached hydrogens (tertiary/aromatic N) is 1. The minimum atomic E-state index is -1.38. The van der Waals surface area contributed by atoms with E-state index in [1.165, 1.54) is 18.7 Å². The maximum atomic E-state index is 13.5. The average molecular weight is 507 g/mol. The van der Waals surface area contributed by atoms with E-state index in [1.807, 2.05) is 54.6 Å². The first-order valence-electron chi connectivity index (χ1n) is 12.2. The van der Waals surface area contributed by atoms with Crippen molar-refractivity contribution >= 4 is 28.9 Å². The summed E-state index contributed by atoms with van der Waals surface area (Å²) in [5.41, 5.74) is 1.29. The molecule has 0 unspecified atom stereocenters. The molecule has 3 aromatic rings. The second kappa shape index (κ2) is 9.23. The van der Waals surface area contributed by atoms with Gasteiger partial charge in [-0.1, -0.05) is 48.5 Å². The van der Waals surface area contributed by atoms with E-state index in [-0.39, 0.29) is 13.2 Å². The molecule has 0 spiro atoms. The van der Waals surface area contributed by atoms with Crippen LogP contribution in [0.15, 0.2) is 60.8 Å². The van der Waals surface area contributed by atoms with Crippen LogP contribution in [0.3, 0.4) is 0 Å². The molecule has 5 rings (SSSR count). The number of ether oxygens (including phenoxy) is 4. The summed E-state index contributed by atoms with van der Waals surface area (Å²) in [4.78, 5) is 44.8. The van der Waals surface area contributed by atoms with Crippen molar-refractivity contribution in [1.82, 2.24) is 9.88 Å². The van der Waals surface area contributed by atoms with Crippen molar-refractivity contribution in [1.29, 1.82) is 0 Å². The topological polar surface area (TPSA) is 107 Å². The first kappa shape index (κ1) is 24.8. The Morgan fingerprint density at radius 2 is 1.68 bits per heavy atom. The first-order valence-corrected chi connectivity index (χ1v) is 12.2. The zero-order chi connectivity index (χ0) is 26.4. The van der Waals surface area contributed by atoms with Crippen LogP contribution >= 0.6 is 0 Å². The van der Waals surface area contributed by atoms with Gasteiger partial charge in [-0.3, -0.25) is 14.5 Å². The van der Waals surface area contributed by atoms with Crippen LogP contribution < -0.4 is 0 Å². The summed E-state index contributed by atoms with van der Waals surface area (Å²) < 4.78 is 22.7. The number of cyclic esters (lactones) is 2. The third-order valence-corrected chi connectivity index (χ3v) is 6.88. The van der Waals surface area contributed by atoms with E-state index in [9.17, 15) is 14.4 Å². The summed E-state index contributed by atoms with van der Waals surface area (Å²) in [5.74, 6) is -4.93. The van der Waals surface area contributed by atoms with Crippen LogP contribution in [-0.4, -0.2) is 52.1 Å². The number of aromatic amines is 1. The summed E-state index contributed by atoms with van der Waals surface area (Å²) in [6.45, 7) is 6.67. The van der Waals surface area contributed by atoms with E-state index in [1.54, 1.807) is 20.0 Å². The summed E-state index contributed by atoms with van der Waals surface area (Å²) in [5, 5.41) is 0.820. The number of esters is 2. The quantitative estimate of drug-likeness (QED) is 0.402. The number of para-hydroxylation sites is 1. The van der Waals surface area contributed by atoms with E-state index < -0.39 is 47.4 Å². The number of amides is 1. The van der Waals surface area contributed by atoms with E-state index in [2.05, 4.69) is 4.98 Å². The van der Waals surface area contributed by atoms with Gasteiger partial charge in [0.15, 0.2) is 5.92 Å². The van der Waals surface area contributed by atoms with Gasteiger partial charge in [-0.15, -0.1) is 0 Å². The van der Waals surface area contributed by atoms with Crippen molar-refractivity contribution in [3.05, 3.63) is 71.9 Å². The van der Waals surface area contributed by atoms with E-state index >= 15 is 0 Å². The molecule has 2 atom stereocenters. The second-order valence-electron chi connectivity index (χ2n) is 10.3. The van der Waals surface area contributed by atoms with Crippen molar-refractivity contribution in [2.45, 2.75) is 57.8 Å². The van der Waals surface area contributed by atoms with Crippen LogP contribution in [0.1, 0.15) is 44.7 Å². The number of carbonyl (C=O) groups excluding carboxylic acids is 3. The standard InChI is InChI=1S/C28H30N2O7/c1-27(2)30(26(33)34-15-17-10-6-5-7-11-17)21(16-35-27)22(19-14-29-20-13-9-8-12-18(19)20)23-24(31)36-28(3,4)37-25(23)32/h5-14,21-23,29H,15-16H2,1-4H3/t21-,22+/m0/s1. The maximum absolute atomic E-state index is 13.5. The molecule has 2 aliphatic heterocycles. The van der Waals surface area contributed by atoms with Gasteiger partial charge in [0.2, 0.25) is 0 Å². The highest BCUT2D eigenvalue weighted by Gasteiger charge is 2.56. The Morgan fingerprint density at radius 1 is 1.03 bits per heavy atom. The molecule has 9 heteroatoms. The highest BCUT2D eigenvalue weighted by Crippen LogP contribution is 2.44. The molecular formula is C28H30N2O7. The molecule has 1 aromatic heterocycles. The van der Waals surface area contributed by atoms with Crippen LogP contribution in [0, 0.1) is 5.92 Å². The molecule has 3 heterocycles. The van der Waals surface area contributed by atoms with Gasteiger partial charge >= 0.3 is 18.0 Å². The Bertz CT molecular complexity index is 1310. The molecule has 2 aliphatic rings. The molecule has 0 radical (unpaired) electrons. The first-order chi connectivity index (χ1) is 17.6. The SMILES string of the molecule is CC1(C)OC(=O)C([C@H](c2c[nH]c3ccccc23)[C@@H]2COC(C)(C)N2C(=O)OCc2ccccc2)C(=O)O1. The normalized spacial score (nSPS) is 21.9. The predicted molar refractivity (Wildman–Crippen MR) is 133 cm³/mol. The lowest BCUT2D eigenvalue weighted by atomic mass is 9.79. The maximum Gasteiger partial charge on any atom is 0.412 e. The number of rotatable bonds is 5. The molecule has 1 N–H and O–H groups in total. The van der Waals surface area contributed by atoms with E-state index in [0.29, 0.717) is 5.56 Å². The zero-order valence-electron chi connectivity index (χ0n) is 21.2. The Hall–Kier alpha value is -3.85. The third-order valence-electron chi connectivity index (χ3n) is 6.88. The molecule has 2 saturated heterocycles. The lowest BCUT2D eigenvalue weighted by Crippen LogP contribution is -2.55. The number of benzene rings is 2. The lowest BCUT2D eigenvalue weighted by molar-refractivity contribution is -0.241. The average Bonchev–Trinajstić information content (AvgIpc) is 3.40. The molecule has 37 heavy (non-hydrogen) atoms. The summed E-state index contributed by atoms with van der Waals surface area (Å²) in [6.07, 6.45) is 1.15. The van der Waals surface area contributed by atoms with Crippen LogP contribution in [0.25, 0.3) is 10.9 Å². The fourth-order valence-corrected chi connectivity index (χ4v) is 5.24. The van der Waals surface area contributed by atoms with Crippen molar-refractivity contribution < 1.29 is 33.3 Å². The van der Waals surface area contributed by atoms with Crippen molar-refractivity contribution in [3.63, 3.8) is 0 Å². The fourth-order valence-electron chi connectivity index (χ4n) is 5.24. The molecule has 0 bridgehead atoms. The van der Waals surface area contributed by atoms with Crippen LogP contribution in [-0.2, 0) is 35.1 Å². The van der Waals surface area contributed by atoms with Gasteiger partial charge in [0.05, 0.1) is 12.6 Å². The summed E-state index contributed by atoms with van der Waals surface area (Å²) >= 11 is 0. The lowest BCUT2D eigenvalue weighted by Gasteiger charge is -2.40. The minimum Gasteiger partial charge on any atom is -0.444 e. The van der Waals surface area contributed by atoms with Crippen LogP contribution in [0.4, 0.5) is 4.79 Å². The zero-order valence-corrected chi connectivity index (χ0v) is 21.2. The number of fused-ring (bicyclic) bond motifs is 1. The third kappa shape index (κ3) is 4.67. The second-order valence-corrected chi connectivity index (χ2v) is 10.3. The fraction of sp³-hybridized carbons (Fsp3) is 0.393. The molecular weight excluding hydrogens is 476 g/mol. The molecule has 194 valence electrons. The minimum absolute atomic E-state index is 0.0679. The van der Waals surface area contributed by atoms with Gasteiger partial charge in [0.1, 0.15) is 12.3 Å². The molecule has 2 fully saturated rings. The highest BCUT2D eigenvalue weighted by molar-refractivity contribution is 5.99. The number of hydrogen-bond acceptors (Lipinski definition) is 7. The Kier molecular flexibility index (Phi) is 6.19. The Morgan fingerprint density at radius 3 is 2.38 bits per heavy atom. The molecule has 0 saturated carbocycles. The smallest absolute Gasteiger partial charge is 0.412 e. The molecule has 1 amide bonds. The van der Waals surface area contributed by atoms with Crippen molar-refractivity contribution in [2.24, 2.45) is 5.92 Å². The predicted octanol–water partition coefficient (Wildman–Crippen LogP) is 4.48. The van der Waals surface area contributed by atoms with Crippen molar-refractivity contribution in [2.75, 3.05) is 6.61 Å². The monoisotopic (exact) mass is 506 g/mol. The molecule has 2 aromatic carbocycles. The number of H-pyrrole nitrogens is 1. The Balaban J connectivity index is 1.55. The van der Waals surface area contributed by atoms with Gasteiger partial charge in [0.25, 0.3) is 5.79 Å². The summed E-state index contributed by atoms with van der Waals surface area (Å²) in [7, 11) is 0. The van der Waals surface area contributed by atoms with Gasteiger partial charge in [0, 0.05) is 36.9 Å². The number of nitrogens with one attached hydrogen (secondary N) is 1. The van der Waals surface area contributed by atoms with Crippen molar-refractivity contribution in [3.8, 4) is 0 Å². The van der Waals surface area contributed by atoms with Gasteiger partial charge in [-0.25, -0.2) is 4.79 Å². The number of hydrogen-bond donors (Lipinski definition) is 1. The Labute approximate surface area is 214 Å². The molecule has 9 nitrogen and oxygen atoms in total. The number of carbonyl (C=O) groups is 3. The molecule has 0 aliphatic carbocycles. The van der Waals surface area contributed by atoms with E-state index in [4.69, 9.17) is 18.9 Å². The van der Waals surface area contributed by atoms with Gasteiger partial charge < -0.3 is 23.9 Å². The van der Waals surface area contributed by atoms with Gasteiger partial charge in [-0.2, -0.15) is 0 Å². The summed E-state index contributed by atoms with van der Waals surface area (Å²) in [6, 6.07) is 16.2. The largest absolute Gasteiger partial charge is 0.444 e. The van der Waals surface area contributed by atoms with E-state index in [0.717, 1.165) is 16.5 Å². The van der Waals surface area contributed by atoms with Gasteiger partial charge in [-0.05, 0) is 31.0 Å². The number of aromatic nitrogens is 1.